The fraction of sp³-hybridized carbons (Fsp3) is 0.143. The molecule has 3 aromatic rings. The van der Waals surface area contributed by atoms with Crippen LogP contribution in [0.5, 0.6) is 0 Å². The molecule has 0 heterocycles. The lowest BCUT2D eigenvalue weighted by Gasteiger charge is -2.07. The second-order valence-corrected chi connectivity index (χ2v) is 7.30. The second-order valence-electron chi connectivity index (χ2n) is 5.88. The van der Waals surface area contributed by atoms with Crippen LogP contribution in [-0.2, 0) is 10.5 Å². The van der Waals surface area contributed by atoms with Gasteiger partial charge in [-0.25, -0.2) is 5.43 Å². The Morgan fingerprint density at radius 1 is 1.04 bits per heavy atom. The maximum atomic E-state index is 12.0. The molecule has 0 radical (unpaired) electrons. The van der Waals surface area contributed by atoms with Crippen molar-refractivity contribution in [2.24, 2.45) is 5.10 Å². The third kappa shape index (κ3) is 4.87. The highest BCUT2D eigenvalue weighted by molar-refractivity contribution is 7.99. The topological polar surface area (TPSA) is 41.5 Å². The lowest BCUT2D eigenvalue weighted by molar-refractivity contribution is -0.118. The molecule has 0 bridgehead atoms. The summed E-state index contributed by atoms with van der Waals surface area (Å²) in [4.78, 5) is 12.0. The van der Waals surface area contributed by atoms with E-state index in [2.05, 4.69) is 28.7 Å². The molecule has 0 aliphatic carbocycles. The van der Waals surface area contributed by atoms with Crippen molar-refractivity contribution in [1.29, 1.82) is 0 Å². The summed E-state index contributed by atoms with van der Waals surface area (Å²) in [5.74, 6) is 1.01. The van der Waals surface area contributed by atoms with Crippen molar-refractivity contribution in [1.82, 2.24) is 5.43 Å². The molecule has 0 saturated carbocycles. The minimum Gasteiger partial charge on any atom is -0.272 e. The van der Waals surface area contributed by atoms with E-state index < -0.39 is 0 Å². The van der Waals surface area contributed by atoms with Gasteiger partial charge in [0, 0.05) is 16.3 Å². The van der Waals surface area contributed by atoms with Gasteiger partial charge in [0.15, 0.2) is 0 Å². The van der Waals surface area contributed by atoms with Crippen LogP contribution in [0.4, 0.5) is 0 Å². The van der Waals surface area contributed by atoms with Crippen LogP contribution in [0, 0.1) is 0 Å². The lowest BCUT2D eigenvalue weighted by atomic mass is 10.0. The predicted octanol–water partition coefficient (Wildman–Crippen LogP) is 5.27. The Morgan fingerprint density at radius 2 is 1.77 bits per heavy atom. The van der Waals surface area contributed by atoms with Crippen molar-refractivity contribution in [3.63, 3.8) is 0 Å². The van der Waals surface area contributed by atoms with E-state index in [0.717, 1.165) is 38.4 Å². The summed E-state index contributed by atoms with van der Waals surface area (Å²) in [7, 11) is 0. The van der Waals surface area contributed by atoms with Crippen LogP contribution in [0.25, 0.3) is 10.8 Å². The molecular formula is C21H19ClN2OS. The molecule has 3 rings (SSSR count). The van der Waals surface area contributed by atoms with Crippen molar-refractivity contribution in [2.45, 2.75) is 12.7 Å². The molecule has 0 fully saturated rings. The number of rotatable bonds is 6. The Kier molecular flexibility index (Phi) is 6.31. The predicted molar refractivity (Wildman–Crippen MR) is 112 cm³/mol. The van der Waals surface area contributed by atoms with Crippen LogP contribution in [-0.4, -0.2) is 17.4 Å². The van der Waals surface area contributed by atoms with Crippen molar-refractivity contribution >= 4 is 45.8 Å². The molecule has 0 atom stereocenters. The lowest BCUT2D eigenvalue weighted by Crippen LogP contribution is -2.21. The molecule has 3 nitrogen and oxygen atoms in total. The number of hydrazone groups is 1. The van der Waals surface area contributed by atoms with E-state index in [9.17, 15) is 4.79 Å². The third-order valence-corrected chi connectivity index (χ3v) is 5.20. The molecule has 0 unspecified atom stereocenters. The van der Waals surface area contributed by atoms with Crippen molar-refractivity contribution in [3.05, 3.63) is 82.9 Å². The first-order valence-electron chi connectivity index (χ1n) is 8.27. The van der Waals surface area contributed by atoms with Gasteiger partial charge in [-0.15, -0.1) is 11.8 Å². The van der Waals surface area contributed by atoms with Crippen molar-refractivity contribution in [3.8, 4) is 0 Å². The minimum atomic E-state index is -0.108. The van der Waals surface area contributed by atoms with E-state index in [1.54, 1.807) is 11.8 Å². The maximum Gasteiger partial charge on any atom is 0.250 e. The Hall–Kier alpha value is -2.30. The Bertz CT molecular complexity index is 933. The Morgan fingerprint density at radius 3 is 2.58 bits per heavy atom. The summed E-state index contributed by atoms with van der Waals surface area (Å²) in [6.45, 7) is 1.91. The molecule has 1 N–H and O–H groups in total. The first-order valence-corrected chi connectivity index (χ1v) is 9.80. The molecule has 0 saturated heterocycles. The number of fused-ring (bicyclic) bond motifs is 1. The molecule has 1 amide bonds. The van der Waals surface area contributed by atoms with Crippen LogP contribution >= 0.6 is 23.4 Å². The second kappa shape index (κ2) is 8.88. The van der Waals surface area contributed by atoms with Gasteiger partial charge >= 0.3 is 0 Å². The molecule has 0 aliphatic heterocycles. The number of hydrogen-bond donors (Lipinski definition) is 1. The number of amides is 1. The number of thioether (sulfide) groups is 1. The summed E-state index contributed by atoms with van der Waals surface area (Å²) >= 11 is 7.41. The SMILES string of the molecule is C/C(=N/NC(=O)CSCc1ccc(Cl)cc1)c1cccc2ccccc12. The molecule has 0 aliphatic rings. The Labute approximate surface area is 162 Å². The van der Waals surface area contributed by atoms with E-state index in [1.165, 1.54) is 0 Å². The third-order valence-electron chi connectivity index (χ3n) is 3.94. The fourth-order valence-corrected chi connectivity index (χ4v) is 3.53. The van der Waals surface area contributed by atoms with Crippen LogP contribution in [0.3, 0.4) is 0 Å². The van der Waals surface area contributed by atoms with Crippen molar-refractivity contribution < 1.29 is 4.79 Å². The quantitative estimate of drug-likeness (QED) is 0.466. The monoisotopic (exact) mass is 382 g/mol. The summed E-state index contributed by atoms with van der Waals surface area (Å²) in [5, 5.41) is 7.27. The molecule has 0 aromatic heterocycles. The first kappa shape index (κ1) is 18.5. The normalized spacial score (nSPS) is 11.5. The minimum absolute atomic E-state index is 0.108. The fourth-order valence-electron chi connectivity index (χ4n) is 2.62. The zero-order chi connectivity index (χ0) is 18.4. The molecule has 3 aromatic carbocycles. The largest absolute Gasteiger partial charge is 0.272 e. The van der Waals surface area contributed by atoms with Crippen LogP contribution in [0.1, 0.15) is 18.1 Å². The number of nitrogens with one attached hydrogen (secondary N) is 1. The average Bonchev–Trinajstić information content (AvgIpc) is 2.67. The highest BCUT2D eigenvalue weighted by Crippen LogP contribution is 2.19. The van der Waals surface area contributed by atoms with Gasteiger partial charge in [0.05, 0.1) is 11.5 Å². The number of nitrogens with zero attached hydrogens (tertiary/aromatic N) is 1. The standard InChI is InChI=1S/C21H19ClN2OS/c1-15(19-8-4-6-17-5-2-3-7-20(17)19)23-24-21(25)14-26-13-16-9-11-18(22)12-10-16/h2-12H,13-14H2,1H3,(H,24,25)/b23-15-. The van der Waals surface area contributed by atoms with Gasteiger partial charge < -0.3 is 0 Å². The van der Waals surface area contributed by atoms with Crippen LogP contribution in [0.2, 0.25) is 5.02 Å². The van der Waals surface area contributed by atoms with Gasteiger partial charge in [0.25, 0.3) is 0 Å². The van der Waals surface area contributed by atoms with Crippen LogP contribution in [0.15, 0.2) is 71.8 Å². The van der Waals surface area contributed by atoms with E-state index in [1.807, 2.05) is 55.5 Å². The smallest absolute Gasteiger partial charge is 0.250 e. The summed E-state index contributed by atoms with van der Waals surface area (Å²) in [5.41, 5.74) is 5.60. The number of halogens is 1. The number of carbonyl (C=O) groups is 1. The van der Waals surface area contributed by atoms with E-state index in [-0.39, 0.29) is 5.91 Å². The molecule has 26 heavy (non-hydrogen) atoms. The van der Waals surface area contributed by atoms with E-state index in [4.69, 9.17) is 11.6 Å². The number of benzene rings is 3. The van der Waals surface area contributed by atoms with Gasteiger partial charge in [-0.1, -0.05) is 66.2 Å². The van der Waals surface area contributed by atoms with Gasteiger partial charge in [-0.3, -0.25) is 4.79 Å². The maximum absolute atomic E-state index is 12.0. The number of carbonyl (C=O) groups excluding carboxylic acids is 1. The molecular weight excluding hydrogens is 364 g/mol. The molecule has 0 spiro atoms. The first-order chi connectivity index (χ1) is 12.6. The van der Waals surface area contributed by atoms with Gasteiger partial charge in [-0.05, 0) is 35.4 Å². The van der Waals surface area contributed by atoms with E-state index in [0.29, 0.717) is 5.75 Å². The summed E-state index contributed by atoms with van der Waals surface area (Å²) in [6.07, 6.45) is 0. The van der Waals surface area contributed by atoms with E-state index >= 15 is 0 Å². The number of hydrogen-bond acceptors (Lipinski definition) is 3. The zero-order valence-corrected chi connectivity index (χ0v) is 16.0. The average molecular weight is 383 g/mol. The van der Waals surface area contributed by atoms with Gasteiger partial charge in [0.2, 0.25) is 5.91 Å². The molecule has 5 heteroatoms. The van der Waals surface area contributed by atoms with Gasteiger partial charge in [0.1, 0.15) is 0 Å². The van der Waals surface area contributed by atoms with Crippen molar-refractivity contribution in [2.75, 3.05) is 5.75 Å². The summed E-state index contributed by atoms with van der Waals surface area (Å²) < 4.78 is 0. The Balaban J connectivity index is 1.56. The van der Waals surface area contributed by atoms with Gasteiger partial charge in [-0.2, -0.15) is 5.10 Å². The highest BCUT2D eigenvalue weighted by Gasteiger charge is 2.05. The zero-order valence-electron chi connectivity index (χ0n) is 14.4. The van der Waals surface area contributed by atoms with Crippen LogP contribution < -0.4 is 5.43 Å². The summed E-state index contributed by atoms with van der Waals surface area (Å²) in [6, 6.07) is 21.9. The molecule has 132 valence electrons. The highest BCUT2D eigenvalue weighted by atomic mass is 35.5.